The lowest BCUT2D eigenvalue weighted by atomic mass is 9.95. The van der Waals surface area contributed by atoms with Crippen LogP contribution in [0.3, 0.4) is 0 Å². The van der Waals surface area contributed by atoms with E-state index in [2.05, 4.69) is 31.9 Å². The Kier molecular flexibility index (Phi) is 4.45. The molecule has 7 heteroatoms. The zero-order valence-electron chi connectivity index (χ0n) is 13.6. The molecular formula is C17H19BrN4O2. The van der Waals surface area contributed by atoms with Crippen molar-refractivity contribution in [3.63, 3.8) is 0 Å². The van der Waals surface area contributed by atoms with E-state index in [1.54, 1.807) is 4.68 Å². The first-order valence-electron chi connectivity index (χ1n) is 7.77. The Labute approximate surface area is 148 Å². The molecule has 1 aliphatic rings. The second kappa shape index (κ2) is 6.39. The summed E-state index contributed by atoms with van der Waals surface area (Å²) in [6, 6.07) is 9.62. The molecule has 0 radical (unpaired) electrons. The van der Waals surface area contributed by atoms with Gasteiger partial charge in [0.2, 0.25) is 5.91 Å². The monoisotopic (exact) mass is 390 g/mol. The Balaban J connectivity index is 1.59. The van der Waals surface area contributed by atoms with Crippen molar-refractivity contribution in [3.05, 3.63) is 51.8 Å². The van der Waals surface area contributed by atoms with Crippen LogP contribution in [0.1, 0.15) is 29.8 Å². The van der Waals surface area contributed by atoms with E-state index < -0.39 is 5.41 Å². The van der Waals surface area contributed by atoms with E-state index in [-0.39, 0.29) is 18.4 Å². The number of nitrogens with one attached hydrogen (secondary N) is 2. The number of aryl methyl sites for hydroxylation is 2. The van der Waals surface area contributed by atoms with Crippen molar-refractivity contribution >= 4 is 27.7 Å². The molecule has 2 N–H and O–H groups in total. The summed E-state index contributed by atoms with van der Waals surface area (Å²) in [5.41, 5.74) is 7.23. The smallest absolute Gasteiger partial charge is 0.260 e. The number of carbonyl (C=O) groups is 2. The second-order valence-corrected chi connectivity index (χ2v) is 7.10. The average molecular weight is 391 g/mol. The number of hydrogen-bond acceptors (Lipinski definition) is 3. The third kappa shape index (κ3) is 3.36. The summed E-state index contributed by atoms with van der Waals surface area (Å²) in [4.78, 5) is 24.5. The van der Waals surface area contributed by atoms with Crippen molar-refractivity contribution in [1.82, 2.24) is 20.6 Å². The predicted molar refractivity (Wildman–Crippen MR) is 93.0 cm³/mol. The molecule has 0 bridgehead atoms. The number of carbonyl (C=O) groups excluding carboxylic acids is 2. The van der Waals surface area contributed by atoms with Crippen LogP contribution in [0.25, 0.3) is 0 Å². The highest BCUT2D eigenvalue weighted by molar-refractivity contribution is 9.10. The summed E-state index contributed by atoms with van der Waals surface area (Å²) >= 11 is 3.43. The molecule has 1 aromatic carbocycles. The average Bonchev–Trinajstić information content (AvgIpc) is 3.28. The highest BCUT2D eigenvalue weighted by Gasteiger charge is 2.51. The first-order valence-corrected chi connectivity index (χ1v) is 8.56. The number of halogens is 1. The Morgan fingerprint density at radius 1 is 1.25 bits per heavy atom. The number of nitrogens with zero attached hydrogens (tertiary/aromatic N) is 2. The van der Waals surface area contributed by atoms with E-state index in [1.807, 2.05) is 44.2 Å². The quantitative estimate of drug-likeness (QED) is 0.785. The van der Waals surface area contributed by atoms with Crippen LogP contribution in [0, 0.1) is 13.8 Å². The Morgan fingerprint density at radius 3 is 2.58 bits per heavy atom. The molecule has 2 amide bonds. The third-order valence-corrected chi connectivity index (χ3v) is 4.77. The van der Waals surface area contributed by atoms with Gasteiger partial charge in [0.05, 0.1) is 11.1 Å². The van der Waals surface area contributed by atoms with E-state index in [0.29, 0.717) is 0 Å². The van der Waals surface area contributed by atoms with Crippen LogP contribution in [0.2, 0.25) is 0 Å². The molecule has 0 unspecified atom stereocenters. The van der Waals surface area contributed by atoms with Crippen molar-refractivity contribution in [2.75, 3.05) is 0 Å². The molecule has 1 saturated carbocycles. The Bertz CT molecular complexity index is 796. The molecule has 1 fully saturated rings. The number of benzene rings is 1. The van der Waals surface area contributed by atoms with E-state index in [9.17, 15) is 9.59 Å². The zero-order chi connectivity index (χ0) is 17.3. The summed E-state index contributed by atoms with van der Waals surface area (Å²) in [5, 5.41) is 4.23. The van der Waals surface area contributed by atoms with E-state index in [4.69, 9.17) is 0 Å². The highest BCUT2D eigenvalue weighted by Crippen LogP contribution is 2.48. The summed E-state index contributed by atoms with van der Waals surface area (Å²) < 4.78 is 2.55. The van der Waals surface area contributed by atoms with Crippen molar-refractivity contribution in [2.24, 2.45) is 0 Å². The van der Waals surface area contributed by atoms with Gasteiger partial charge in [0.25, 0.3) is 5.91 Å². The molecule has 24 heavy (non-hydrogen) atoms. The van der Waals surface area contributed by atoms with Gasteiger partial charge in [-0.2, -0.15) is 5.10 Å². The lowest BCUT2D eigenvalue weighted by molar-refractivity contribution is -0.130. The highest BCUT2D eigenvalue weighted by atomic mass is 79.9. The topological polar surface area (TPSA) is 76.0 Å². The van der Waals surface area contributed by atoms with Gasteiger partial charge in [0, 0.05) is 10.2 Å². The minimum Gasteiger partial charge on any atom is -0.272 e. The Hall–Kier alpha value is -2.15. The normalized spacial score (nSPS) is 15.0. The van der Waals surface area contributed by atoms with Crippen LogP contribution < -0.4 is 10.9 Å². The van der Waals surface area contributed by atoms with Crippen LogP contribution >= 0.6 is 15.9 Å². The maximum Gasteiger partial charge on any atom is 0.260 e. The number of aromatic nitrogens is 2. The summed E-state index contributed by atoms with van der Waals surface area (Å²) in [7, 11) is 0. The third-order valence-electron chi connectivity index (χ3n) is 4.27. The van der Waals surface area contributed by atoms with Gasteiger partial charge in [-0.05, 0) is 50.5 Å². The van der Waals surface area contributed by atoms with E-state index >= 15 is 0 Å². The van der Waals surface area contributed by atoms with Gasteiger partial charge in [-0.15, -0.1) is 0 Å². The van der Waals surface area contributed by atoms with Crippen LogP contribution in [0.15, 0.2) is 34.8 Å². The minimum atomic E-state index is -0.532. The van der Waals surface area contributed by atoms with Gasteiger partial charge in [-0.25, -0.2) is 0 Å². The first-order chi connectivity index (χ1) is 11.4. The van der Waals surface area contributed by atoms with E-state index in [1.165, 1.54) is 0 Å². The van der Waals surface area contributed by atoms with Gasteiger partial charge in [-0.3, -0.25) is 25.1 Å². The maximum atomic E-state index is 12.5. The molecule has 0 atom stereocenters. The maximum absolute atomic E-state index is 12.5. The molecule has 2 aromatic rings. The summed E-state index contributed by atoms with van der Waals surface area (Å²) in [6.07, 6.45) is 1.56. The number of hydrogen-bond donors (Lipinski definition) is 2. The van der Waals surface area contributed by atoms with Gasteiger partial charge < -0.3 is 0 Å². The van der Waals surface area contributed by atoms with Crippen molar-refractivity contribution < 1.29 is 9.59 Å². The van der Waals surface area contributed by atoms with Gasteiger partial charge in [-0.1, -0.05) is 28.1 Å². The molecular weight excluding hydrogens is 372 g/mol. The number of amides is 2. The van der Waals surface area contributed by atoms with Crippen LogP contribution in [0.5, 0.6) is 0 Å². The van der Waals surface area contributed by atoms with Crippen LogP contribution in [-0.2, 0) is 21.5 Å². The summed E-state index contributed by atoms with van der Waals surface area (Å²) in [6.45, 7) is 3.83. The zero-order valence-corrected chi connectivity index (χ0v) is 15.2. The molecule has 0 spiro atoms. The fourth-order valence-electron chi connectivity index (χ4n) is 2.81. The lowest BCUT2D eigenvalue weighted by Gasteiger charge is -2.16. The SMILES string of the molecule is Cc1cc(C)n(CC(=O)NNC(=O)C2(c3cccc(Br)c3)CC2)n1. The fraction of sp³-hybridized carbons (Fsp3) is 0.353. The second-order valence-electron chi connectivity index (χ2n) is 6.18. The van der Waals surface area contributed by atoms with Crippen LogP contribution in [-0.4, -0.2) is 21.6 Å². The Morgan fingerprint density at radius 2 is 2.00 bits per heavy atom. The molecule has 1 aliphatic carbocycles. The van der Waals surface area contributed by atoms with Crippen molar-refractivity contribution in [1.29, 1.82) is 0 Å². The minimum absolute atomic E-state index is 0.0733. The van der Waals surface area contributed by atoms with Crippen molar-refractivity contribution in [2.45, 2.75) is 38.6 Å². The standard InChI is InChI=1S/C17H19BrN4O2/c1-11-8-12(2)22(21-11)10-15(23)19-20-16(24)17(6-7-17)13-4-3-5-14(18)9-13/h3-5,8-9H,6-7,10H2,1-2H3,(H,19,23)(H,20,24). The van der Waals surface area contributed by atoms with Crippen LogP contribution in [0.4, 0.5) is 0 Å². The molecule has 6 nitrogen and oxygen atoms in total. The molecule has 0 aliphatic heterocycles. The molecule has 126 valence electrons. The van der Waals surface area contributed by atoms with Gasteiger partial charge >= 0.3 is 0 Å². The van der Waals surface area contributed by atoms with E-state index in [0.717, 1.165) is 34.3 Å². The molecule has 3 rings (SSSR count). The number of rotatable bonds is 4. The first kappa shape index (κ1) is 16.7. The van der Waals surface area contributed by atoms with Gasteiger partial charge in [0.1, 0.15) is 6.54 Å². The molecule has 1 heterocycles. The lowest BCUT2D eigenvalue weighted by Crippen LogP contribution is -2.47. The largest absolute Gasteiger partial charge is 0.272 e. The van der Waals surface area contributed by atoms with Gasteiger partial charge in [0.15, 0.2) is 0 Å². The number of hydrazine groups is 1. The molecule has 1 aromatic heterocycles. The summed E-state index contributed by atoms with van der Waals surface area (Å²) in [5.74, 6) is -0.484. The van der Waals surface area contributed by atoms with Crippen molar-refractivity contribution in [3.8, 4) is 0 Å². The fourth-order valence-corrected chi connectivity index (χ4v) is 3.21. The predicted octanol–water partition coefficient (Wildman–Crippen LogP) is 2.14. The molecule has 0 saturated heterocycles.